The Morgan fingerprint density at radius 2 is 1.85 bits per heavy atom. The fourth-order valence-corrected chi connectivity index (χ4v) is 4.40. The van der Waals surface area contributed by atoms with Gasteiger partial charge in [0.15, 0.2) is 0 Å². The molecule has 2 aromatic heterocycles. The molecule has 0 atom stereocenters. The number of nitrogens with one attached hydrogen (secondary N) is 1. The molecule has 0 spiro atoms. The Morgan fingerprint density at radius 3 is 2.55 bits per heavy atom. The van der Waals surface area contributed by atoms with Gasteiger partial charge in [0.1, 0.15) is 11.5 Å². The monoisotopic (exact) mass is 499 g/mol. The molecule has 0 unspecified atom stereocenters. The maximum Gasteiger partial charge on any atom is 0.262 e. The second-order valence-corrected chi connectivity index (χ2v) is 8.94. The lowest BCUT2D eigenvalue weighted by Gasteiger charge is -2.09. The van der Waals surface area contributed by atoms with Gasteiger partial charge >= 0.3 is 0 Å². The van der Waals surface area contributed by atoms with Gasteiger partial charge in [0, 0.05) is 32.9 Å². The second kappa shape index (κ2) is 8.37. The van der Waals surface area contributed by atoms with E-state index in [4.69, 9.17) is 9.73 Å². The fraction of sp³-hybridized carbons (Fsp3) is 0.111. The number of ether oxygens (including phenoxy) is 1. The van der Waals surface area contributed by atoms with Crippen LogP contribution >= 0.6 is 15.9 Å². The zero-order chi connectivity index (χ0) is 23.1. The molecular formula is C27H22BrN3O2. The summed E-state index contributed by atoms with van der Waals surface area (Å²) < 4.78 is 8.29. The summed E-state index contributed by atoms with van der Waals surface area (Å²) in [5, 5.41) is 0.973. The highest BCUT2D eigenvalue weighted by Crippen LogP contribution is 2.29. The minimum absolute atomic E-state index is 0.109. The molecule has 1 aliphatic heterocycles. The first-order valence-electron chi connectivity index (χ1n) is 10.6. The number of aromatic nitrogens is 2. The molecule has 1 aliphatic rings. The summed E-state index contributed by atoms with van der Waals surface area (Å²) in [6.07, 6.45) is 3.87. The van der Waals surface area contributed by atoms with Gasteiger partial charge < -0.3 is 9.72 Å². The number of para-hydroxylation sites is 1. The molecule has 5 nitrogen and oxygen atoms in total. The van der Waals surface area contributed by atoms with Gasteiger partial charge in [-0.2, -0.15) is 0 Å². The average molecular weight is 500 g/mol. The number of allylic oxidation sites excluding steroid dienone is 1. The standard InChI is InChI=1S/C27H22BrN3O2/c1-16-12-17(2)29-21(16)14-23-26(33-3)15-22(30-23)25-13-19-6-4-5-7-24(19)31(25)27(32)18-8-10-20(28)11-9-18/h4-15,29H,1-3H3/b23-14+. The summed E-state index contributed by atoms with van der Waals surface area (Å²) in [7, 11) is 1.63. The predicted molar refractivity (Wildman–Crippen MR) is 136 cm³/mol. The van der Waals surface area contributed by atoms with E-state index in [1.807, 2.05) is 73.7 Å². The van der Waals surface area contributed by atoms with E-state index in [2.05, 4.69) is 33.9 Å². The number of aliphatic imine (C=N–C) groups is 1. The van der Waals surface area contributed by atoms with Gasteiger partial charge in [0.25, 0.3) is 5.91 Å². The summed E-state index contributed by atoms with van der Waals surface area (Å²) in [6.45, 7) is 4.08. The van der Waals surface area contributed by atoms with E-state index in [9.17, 15) is 4.79 Å². The van der Waals surface area contributed by atoms with Crippen LogP contribution in [0, 0.1) is 13.8 Å². The van der Waals surface area contributed by atoms with E-state index in [-0.39, 0.29) is 5.91 Å². The number of benzene rings is 2. The lowest BCUT2D eigenvalue weighted by Crippen LogP contribution is -2.17. The van der Waals surface area contributed by atoms with Gasteiger partial charge in [0.2, 0.25) is 0 Å². The van der Waals surface area contributed by atoms with Crippen molar-refractivity contribution in [1.29, 1.82) is 0 Å². The topological polar surface area (TPSA) is 59.4 Å². The minimum Gasteiger partial charge on any atom is -0.494 e. The molecule has 0 bridgehead atoms. The number of hydrogen-bond acceptors (Lipinski definition) is 3. The highest BCUT2D eigenvalue weighted by atomic mass is 79.9. The Kier molecular flexibility index (Phi) is 5.38. The van der Waals surface area contributed by atoms with E-state index in [1.54, 1.807) is 11.7 Å². The summed E-state index contributed by atoms with van der Waals surface area (Å²) in [5.74, 6) is 0.548. The number of aromatic amines is 1. The van der Waals surface area contributed by atoms with E-state index in [1.165, 1.54) is 0 Å². The van der Waals surface area contributed by atoms with Crippen molar-refractivity contribution in [2.24, 2.45) is 4.99 Å². The van der Waals surface area contributed by atoms with Crippen molar-refractivity contribution in [1.82, 2.24) is 9.55 Å². The van der Waals surface area contributed by atoms with Crippen molar-refractivity contribution in [3.05, 3.63) is 111 Å². The van der Waals surface area contributed by atoms with Crippen LogP contribution in [0.25, 0.3) is 17.0 Å². The largest absolute Gasteiger partial charge is 0.494 e. The molecule has 1 N–H and O–H groups in total. The smallest absolute Gasteiger partial charge is 0.262 e. The maximum absolute atomic E-state index is 13.6. The molecule has 164 valence electrons. The third-order valence-corrected chi connectivity index (χ3v) is 6.25. The van der Waals surface area contributed by atoms with Gasteiger partial charge in [-0.15, -0.1) is 0 Å². The van der Waals surface area contributed by atoms with Crippen molar-refractivity contribution in [2.75, 3.05) is 7.11 Å². The number of carbonyl (C=O) groups excluding carboxylic acids is 1. The van der Waals surface area contributed by atoms with Gasteiger partial charge in [-0.1, -0.05) is 34.1 Å². The minimum atomic E-state index is -0.109. The molecule has 0 saturated heterocycles. The van der Waals surface area contributed by atoms with Crippen molar-refractivity contribution in [3.8, 4) is 0 Å². The Balaban J connectivity index is 1.66. The molecule has 6 heteroatoms. The van der Waals surface area contributed by atoms with Crippen LogP contribution in [0.4, 0.5) is 0 Å². The number of aryl methyl sites for hydroxylation is 2. The molecule has 5 rings (SSSR count). The Labute approximate surface area is 200 Å². The maximum atomic E-state index is 13.6. The number of methoxy groups -OCH3 is 1. The normalized spacial score (nSPS) is 14.6. The molecule has 0 amide bonds. The molecule has 0 radical (unpaired) electrons. The molecule has 0 aliphatic carbocycles. The summed E-state index contributed by atoms with van der Waals surface area (Å²) in [5.41, 5.74) is 6.77. The van der Waals surface area contributed by atoms with Crippen molar-refractivity contribution in [2.45, 2.75) is 13.8 Å². The highest BCUT2D eigenvalue weighted by Gasteiger charge is 2.24. The number of hydrogen-bond donors (Lipinski definition) is 1. The van der Waals surface area contributed by atoms with Crippen LogP contribution in [0.1, 0.15) is 33.0 Å². The van der Waals surface area contributed by atoms with Gasteiger partial charge in [-0.3, -0.25) is 9.36 Å². The number of fused-ring (bicyclic) bond motifs is 1. The van der Waals surface area contributed by atoms with Gasteiger partial charge in [-0.05, 0) is 68.0 Å². The number of halogens is 1. The third kappa shape index (κ3) is 3.87. The lowest BCUT2D eigenvalue weighted by molar-refractivity contribution is 0.0964. The number of carbonyl (C=O) groups is 1. The second-order valence-electron chi connectivity index (χ2n) is 8.02. The van der Waals surface area contributed by atoms with Crippen LogP contribution in [0.5, 0.6) is 0 Å². The van der Waals surface area contributed by atoms with Gasteiger partial charge in [0.05, 0.1) is 24.0 Å². The summed E-state index contributed by atoms with van der Waals surface area (Å²) in [4.78, 5) is 21.8. The van der Waals surface area contributed by atoms with Crippen molar-refractivity contribution in [3.63, 3.8) is 0 Å². The molecular weight excluding hydrogens is 478 g/mol. The molecule has 2 aromatic carbocycles. The zero-order valence-electron chi connectivity index (χ0n) is 18.5. The number of H-pyrrole nitrogens is 1. The zero-order valence-corrected chi connectivity index (χ0v) is 20.1. The first kappa shape index (κ1) is 21.2. The van der Waals surface area contributed by atoms with Crippen LogP contribution < -0.4 is 0 Å². The van der Waals surface area contributed by atoms with Crippen LogP contribution in [-0.2, 0) is 4.74 Å². The number of nitrogens with zero attached hydrogens (tertiary/aromatic N) is 2. The molecule has 4 aromatic rings. The summed E-state index contributed by atoms with van der Waals surface area (Å²) >= 11 is 3.44. The van der Waals surface area contributed by atoms with E-state index < -0.39 is 0 Å². The van der Waals surface area contributed by atoms with Crippen LogP contribution in [-0.4, -0.2) is 28.3 Å². The van der Waals surface area contributed by atoms with E-state index in [0.29, 0.717) is 22.7 Å². The van der Waals surface area contributed by atoms with Crippen LogP contribution in [0.3, 0.4) is 0 Å². The quantitative estimate of drug-likeness (QED) is 0.352. The first-order chi connectivity index (χ1) is 15.9. The van der Waals surface area contributed by atoms with Gasteiger partial charge in [-0.25, -0.2) is 4.99 Å². The Hall–Kier alpha value is -3.64. The molecule has 0 saturated carbocycles. The highest BCUT2D eigenvalue weighted by molar-refractivity contribution is 9.10. The average Bonchev–Trinajstić information content (AvgIpc) is 3.48. The first-order valence-corrected chi connectivity index (χ1v) is 11.4. The number of rotatable bonds is 4. The molecule has 0 fully saturated rings. The fourth-order valence-electron chi connectivity index (χ4n) is 4.13. The third-order valence-electron chi connectivity index (χ3n) is 5.72. The van der Waals surface area contributed by atoms with Crippen molar-refractivity contribution < 1.29 is 9.53 Å². The van der Waals surface area contributed by atoms with Crippen molar-refractivity contribution >= 4 is 44.5 Å². The lowest BCUT2D eigenvalue weighted by atomic mass is 10.2. The van der Waals surface area contributed by atoms with Crippen LogP contribution in [0.2, 0.25) is 0 Å². The predicted octanol–water partition coefficient (Wildman–Crippen LogP) is 6.41. The Bertz CT molecular complexity index is 1480. The van der Waals surface area contributed by atoms with E-state index in [0.717, 1.165) is 38.0 Å². The molecule has 33 heavy (non-hydrogen) atoms. The van der Waals surface area contributed by atoms with E-state index >= 15 is 0 Å². The Morgan fingerprint density at radius 1 is 1.09 bits per heavy atom. The SMILES string of the molecule is COC1=CC(c2cc3ccccc3n2C(=O)c2ccc(Br)cc2)=N/C1=C/c1[nH]c(C)cc1C. The molecule has 3 heterocycles. The van der Waals surface area contributed by atoms with Crippen LogP contribution in [0.15, 0.2) is 87.7 Å². The summed E-state index contributed by atoms with van der Waals surface area (Å²) in [6, 6.07) is 19.3.